The van der Waals surface area contributed by atoms with Crippen LogP contribution in [0.15, 0.2) is 29.3 Å². The molecule has 0 aliphatic carbocycles. The van der Waals surface area contributed by atoms with E-state index in [1.165, 1.54) is 0 Å². The second-order valence-corrected chi connectivity index (χ2v) is 9.80. The van der Waals surface area contributed by atoms with E-state index in [1.807, 2.05) is 43.1 Å². The Morgan fingerprint density at radius 3 is 2.70 bits per heavy atom. The number of nitrogens with one attached hydrogen (secondary N) is 1. The van der Waals surface area contributed by atoms with E-state index < -0.39 is 10.0 Å². The van der Waals surface area contributed by atoms with Gasteiger partial charge in [-0.3, -0.25) is 4.99 Å². The van der Waals surface area contributed by atoms with Crippen molar-refractivity contribution in [2.75, 3.05) is 50.5 Å². The fourth-order valence-corrected chi connectivity index (χ4v) is 5.34. The third-order valence-corrected chi connectivity index (χ3v) is 7.01. The van der Waals surface area contributed by atoms with Crippen molar-refractivity contribution in [3.63, 3.8) is 0 Å². The molecule has 1 aliphatic rings. The molecule has 1 N–H and O–H groups in total. The first kappa shape index (κ1) is 24.8. The molecule has 10 heteroatoms. The van der Waals surface area contributed by atoms with Gasteiger partial charge in [-0.25, -0.2) is 12.7 Å². The quantitative estimate of drug-likeness (QED) is 0.324. The van der Waals surface area contributed by atoms with E-state index in [0.717, 1.165) is 23.6 Å². The summed E-state index contributed by atoms with van der Waals surface area (Å²) in [7, 11) is -1.31. The molecule has 0 saturated carbocycles. The number of hydrogen-bond donors (Lipinski definition) is 1. The maximum absolute atomic E-state index is 12.4. The Kier molecular flexibility index (Phi) is 11.4. The topological polar surface area (TPSA) is 65.0 Å². The number of halogens is 2. The largest absolute Gasteiger partial charge is 0.357 e. The highest BCUT2D eigenvalue weighted by atomic mass is 127. The molecule has 0 atom stereocenters. The van der Waals surface area contributed by atoms with Gasteiger partial charge in [-0.2, -0.15) is 11.8 Å². The monoisotopic (exact) mass is 546 g/mol. The molecule has 1 heterocycles. The molecular weight excluding hydrogens is 519 g/mol. The minimum absolute atomic E-state index is 0. The highest BCUT2D eigenvalue weighted by Crippen LogP contribution is 2.14. The van der Waals surface area contributed by atoms with Crippen molar-refractivity contribution in [1.82, 2.24) is 14.5 Å². The molecule has 2 rings (SSSR count). The summed E-state index contributed by atoms with van der Waals surface area (Å²) >= 11 is 7.84. The van der Waals surface area contributed by atoms with Crippen LogP contribution in [0.2, 0.25) is 5.02 Å². The van der Waals surface area contributed by atoms with E-state index in [2.05, 4.69) is 10.3 Å². The minimum Gasteiger partial charge on any atom is -0.357 e. The van der Waals surface area contributed by atoms with Crippen LogP contribution in [0, 0.1) is 0 Å². The van der Waals surface area contributed by atoms with Crippen molar-refractivity contribution in [2.24, 2.45) is 4.99 Å². The molecular formula is C17H28ClIN4O2S2. The zero-order chi connectivity index (χ0) is 19.0. The molecule has 6 nitrogen and oxygen atoms in total. The van der Waals surface area contributed by atoms with Gasteiger partial charge in [-0.05, 0) is 24.6 Å². The van der Waals surface area contributed by atoms with Gasteiger partial charge in [0.05, 0.1) is 12.3 Å². The van der Waals surface area contributed by atoms with Gasteiger partial charge in [-0.1, -0.05) is 23.7 Å². The first-order valence-corrected chi connectivity index (χ1v) is 11.9. The lowest BCUT2D eigenvalue weighted by Crippen LogP contribution is -2.41. The van der Waals surface area contributed by atoms with Crippen LogP contribution in [-0.4, -0.2) is 74.1 Å². The van der Waals surface area contributed by atoms with Gasteiger partial charge in [0, 0.05) is 49.8 Å². The van der Waals surface area contributed by atoms with Gasteiger partial charge in [0.15, 0.2) is 5.96 Å². The molecule has 0 radical (unpaired) electrons. The molecule has 1 aromatic rings. The van der Waals surface area contributed by atoms with Crippen LogP contribution >= 0.6 is 47.3 Å². The summed E-state index contributed by atoms with van der Waals surface area (Å²) in [5.41, 5.74) is 1.07. The maximum atomic E-state index is 12.4. The summed E-state index contributed by atoms with van der Waals surface area (Å²) in [5.74, 6) is 2.47. The molecule has 0 bridgehead atoms. The van der Waals surface area contributed by atoms with E-state index in [-0.39, 0.29) is 36.3 Å². The molecule has 0 amide bonds. The standard InChI is InChI=1S/C17H27ClN4O2S2.HI/c1-3-19-17(21(2)14-15-5-4-6-16(18)13-15)20-7-12-26(23,24)22-8-10-25-11-9-22;/h4-6,13H,3,7-12,14H2,1-2H3,(H,19,20);1H. The summed E-state index contributed by atoms with van der Waals surface area (Å²) in [6.07, 6.45) is 0. The van der Waals surface area contributed by atoms with E-state index >= 15 is 0 Å². The Morgan fingerprint density at radius 2 is 2.07 bits per heavy atom. The summed E-state index contributed by atoms with van der Waals surface area (Å²) in [6, 6.07) is 7.68. The van der Waals surface area contributed by atoms with Gasteiger partial charge in [0.1, 0.15) is 0 Å². The molecule has 0 unspecified atom stereocenters. The van der Waals surface area contributed by atoms with Gasteiger partial charge in [0.25, 0.3) is 0 Å². The van der Waals surface area contributed by atoms with Gasteiger partial charge in [0.2, 0.25) is 10.0 Å². The first-order valence-electron chi connectivity index (χ1n) is 8.72. The lowest BCUT2D eigenvalue weighted by molar-refractivity contribution is 0.443. The molecule has 1 fully saturated rings. The number of hydrogen-bond acceptors (Lipinski definition) is 4. The fraction of sp³-hybridized carbons (Fsp3) is 0.588. The van der Waals surface area contributed by atoms with Crippen LogP contribution < -0.4 is 5.32 Å². The first-order chi connectivity index (χ1) is 12.4. The van der Waals surface area contributed by atoms with Gasteiger partial charge in [-0.15, -0.1) is 24.0 Å². The average molecular weight is 547 g/mol. The summed E-state index contributed by atoms with van der Waals surface area (Å²) < 4.78 is 26.4. The Morgan fingerprint density at radius 1 is 1.37 bits per heavy atom. The maximum Gasteiger partial charge on any atom is 0.215 e. The molecule has 154 valence electrons. The summed E-state index contributed by atoms with van der Waals surface area (Å²) in [6.45, 7) is 4.80. The number of sulfonamides is 1. The molecule has 27 heavy (non-hydrogen) atoms. The van der Waals surface area contributed by atoms with Gasteiger partial charge >= 0.3 is 0 Å². The van der Waals surface area contributed by atoms with Crippen LogP contribution in [0.4, 0.5) is 0 Å². The van der Waals surface area contributed by atoms with Gasteiger partial charge < -0.3 is 10.2 Å². The van der Waals surface area contributed by atoms with E-state index in [1.54, 1.807) is 16.1 Å². The third-order valence-electron chi connectivity index (χ3n) is 3.98. The number of guanidine groups is 1. The predicted molar refractivity (Wildman–Crippen MR) is 127 cm³/mol. The number of nitrogens with zero attached hydrogens (tertiary/aromatic N) is 3. The summed E-state index contributed by atoms with van der Waals surface area (Å²) in [4.78, 5) is 6.47. The number of aliphatic imine (C=N–C) groups is 1. The van der Waals surface area contributed by atoms with Crippen LogP contribution in [0.1, 0.15) is 12.5 Å². The molecule has 1 saturated heterocycles. The van der Waals surface area contributed by atoms with Crippen LogP contribution in [0.3, 0.4) is 0 Å². The minimum atomic E-state index is -3.23. The Labute approximate surface area is 189 Å². The molecule has 0 aromatic heterocycles. The second kappa shape index (κ2) is 12.4. The van der Waals surface area contributed by atoms with Crippen molar-refractivity contribution >= 4 is 63.3 Å². The van der Waals surface area contributed by atoms with E-state index in [0.29, 0.717) is 30.6 Å². The van der Waals surface area contributed by atoms with E-state index in [9.17, 15) is 8.42 Å². The third kappa shape index (κ3) is 8.35. The highest BCUT2D eigenvalue weighted by Gasteiger charge is 2.23. The zero-order valence-corrected chi connectivity index (χ0v) is 20.4. The molecule has 1 aliphatic heterocycles. The van der Waals surface area contributed by atoms with Crippen molar-refractivity contribution in [2.45, 2.75) is 13.5 Å². The number of benzene rings is 1. The highest BCUT2D eigenvalue weighted by molar-refractivity contribution is 14.0. The van der Waals surface area contributed by atoms with Crippen LogP contribution in [0.5, 0.6) is 0 Å². The lowest BCUT2D eigenvalue weighted by Gasteiger charge is -2.25. The average Bonchev–Trinajstić information content (AvgIpc) is 2.61. The Balaban J connectivity index is 0.00000364. The van der Waals surface area contributed by atoms with E-state index in [4.69, 9.17) is 11.6 Å². The SMILES string of the molecule is CCNC(=NCCS(=O)(=O)N1CCSCC1)N(C)Cc1cccc(Cl)c1.I. The fourth-order valence-electron chi connectivity index (χ4n) is 2.67. The Hall–Kier alpha value is -0.230. The van der Waals surface area contributed by atoms with Crippen molar-refractivity contribution in [3.05, 3.63) is 34.9 Å². The zero-order valence-electron chi connectivity index (χ0n) is 15.7. The molecule has 1 aromatic carbocycles. The van der Waals surface area contributed by atoms with Crippen molar-refractivity contribution in [1.29, 1.82) is 0 Å². The summed E-state index contributed by atoms with van der Waals surface area (Å²) in [5, 5.41) is 3.91. The van der Waals surface area contributed by atoms with Crippen molar-refractivity contribution < 1.29 is 8.42 Å². The van der Waals surface area contributed by atoms with Crippen LogP contribution in [-0.2, 0) is 16.6 Å². The smallest absolute Gasteiger partial charge is 0.215 e. The normalized spacial score (nSPS) is 15.9. The lowest BCUT2D eigenvalue weighted by atomic mass is 10.2. The number of rotatable bonds is 7. The Bertz CT molecular complexity index is 713. The van der Waals surface area contributed by atoms with Crippen LogP contribution in [0.25, 0.3) is 0 Å². The predicted octanol–water partition coefficient (Wildman–Crippen LogP) is 2.73. The second-order valence-electron chi connectivity index (χ2n) is 6.05. The molecule has 0 spiro atoms. The number of thioether (sulfide) groups is 1. The van der Waals surface area contributed by atoms with Crippen molar-refractivity contribution in [3.8, 4) is 0 Å².